The highest BCUT2D eigenvalue weighted by Gasteiger charge is 2.47. The fraction of sp³-hybridized carbons (Fsp3) is 0.500. The molecule has 5 heteroatoms. The maximum Gasteiger partial charge on any atom is 0.224 e. The lowest BCUT2D eigenvalue weighted by Crippen LogP contribution is -2.46. The second-order valence-corrected chi connectivity index (χ2v) is 12.9. The van der Waals surface area contributed by atoms with Gasteiger partial charge in [0.1, 0.15) is 11.4 Å². The summed E-state index contributed by atoms with van der Waals surface area (Å²) in [7, 11) is 0. The van der Waals surface area contributed by atoms with Crippen molar-refractivity contribution in [3.63, 3.8) is 0 Å². The van der Waals surface area contributed by atoms with Crippen LogP contribution in [0.3, 0.4) is 0 Å². The summed E-state index contributed by atoms with van der Waals surface area (Å²) in [5, 5.41) is 5.48. The number of fused-ring (bicyclic) bond motifs is 9. The molecule has 7 rings (SSSR count). The minimum atomic E-state index is -0.225. The lowest BCUT2D eigenvalue weighted by atomic mass is 9.64. The topological polar surface area (TPSA) is 64.1 Å². The van der Waals surface area contributed by atoms with Crippen molar-refractivity contribution < 1.29 is 9.53 Å². The smallest absolute Gasteiger partial charge is 0.224 e. The van der Waals surface area contributed by atoms with Crippen LogP contribution in [0.5, 0.6) is 5.75 Å². The quantitative estimate of drug-likeness (QED) is 0.222. The van der Waals surface area contributed by atoms with Gasteiger partial charge in [-0.25, -0.2) is 9.97 Å². The Bertz CT molecular complexity index is 1590. The van der Waals surface area contributed by atoms with Crippen molar-refractivity contribution in [2.75, 3.05) is 0 Å². The Morgan fingerprint density at radius 3 is 2.54 bits per heavy atom. The summed E-state index contributed by atoms with van der Waals surface area (Å²) in [6, 6.07) is 15.0. The van der Waals surface area contributed by atoms with Crippen LogP contribution in [0.15, 0.2) is 42.5 Å². The molecule has 1 aliphatic heterocycles. The fourth-order valence-electron chi connectivity index (χ4n) is 7.76. The molecule has 2 saturated carbocycles. The van der Waals surface area contributed by atoms with Crippen LogP contribution in [-0.2, 0) is 11.2 Å². The summed E-state index contributed by atoms with van der Waals surface area (Å²) in [6.07, 6.45) is 9.85. The maximum absolute atomic E-state index is 12.9. The van der Waals surface area contributed by atoms with E-state index in [4.69, 9.17) is 14.7 Å². The molecule has 202 valence electrons. The molecule has 1 amide bonds. The van der Waals surface area contributed by atoms with E-state index in [1.165, 1.54) is 37.7 Å². The molecule has 4 aromatic rings. The van der Waals surface area contributed by atoms with Crippen molar-refractivity contribution in [2.45, 2.75) is 96.1 Å². The van der Waals surface area contributed by atoms with E-state index in [9.17, 15) is 4.79 Å². The minimum Gasteiger partial charge on any atom is -0.487 e. The predicted octanol–water partition coefficient (Wildman–Crippen LogP) is 7.62. The Morgan fingerprint density at radius 2 is 1.72 bits per heavy atom. The fourth-order valence-corrected chi connectivity index (χ4v) is 7.76. The van der Waals surface area contributed by atoms with E-state index in [0.717, 1.165) is 63.4 Å². The van der Waals surface area contributed by atoms with E-state index < -0.39 is 0 Å². The Hall–Kier alpha value is -3.21. The molecular formula is C34H39N3O2. The third-order valence-electron chi connectivity index (χ3n) is 9.73. The van der Waals surface area contributed by atoms with Crippen molar-refractivity contribution in [1.82, 2.24) is 15.3 Å². The molecule has 3 aromatic carbocycles. The third kappa shape index (κ3) is 4.34. The molecule has 2 aliphatic carbocycles. The van der Waals surface area contributed by atoms with Gasteiger partial charge in [-0.2, -0.15) is 0 Å². The number of hydrogen-bond acceptors (Lipinski definition) is 4. The van der Waals surface area contributed by atoms with Gasteiger partial charge in [-0.3, -0.25) is 4.79 Å². The number of carbonyl (C=O) groups excluding carboxylic acids is 1. The summed E-state index contributed by atoms with van der Waals surface area (Å²) in [4.78, 5) is 23.4. The summed E-state index contributed by atoms with van der Waals surface area (Å²) in [5.74, 6) is 2.63. The van der Waals surface area contributed by atoms with Crippen LogP contribution >= 0.6 is 0 Å². The van der Waals surface area contributed by atoms with E-state index in [-0.39, 0.29) is 11.5 Å². The van der Waals surface area contributed by atoms with Gasteiger partial charge >= 0.3 is 0 Å². The van der Waals surface area contributed by atoms with Crippen LogP contribution < -0.4 is 10.1 Å². The highest BCUT2D eigenvalue weighted by atomic mass is 16.5. The number of nitrogens with one attached hydrogen (secondary N) is 1. The van der Waals surface area contributed by atoms with E-state index in [0.29, 0.717) is 30.2 Å². The Morgan fingerprint density at radius 1 is 0.949 bits per heavy atom. The SMILES string of the molecule is CC1CCC2C(C1)c1c(c3ccccc3c3nc4ccc(CC(=O)NC5CCCCC5)cc4nc13)OC2(C)C. The summed E-state index contributed by atoms with van der Waals surface area (Å²) >= 11 is 0. The van der Waals surface area contributed by atoms with E-state index >= 15 is 0 Å². The van der Waals surface area contributed by atoms with Crippen molar-refractivity contribution in [3.8, 4) is 5.75 Å². The van der Waals surface area contributed by atoms with Crippen LogP contribution in [0.25, 0.3) is 32.8 Å². The molecule has 2 heterocycles. The van der Waals surface area contributed by atoms with Crippen LogP contribution in [0, 0.1) is 11.8 Å². The first-order valence-corrected chi connectivity index (χ1v) is 15.0. The molecule has 1 N–H and O–H groups in total. The molecule has 5 nitrogen and oxygen atoms in total. The number of nitrogens with zero attached hydrogens (tertiary/aromatic N) is 2. The second-order valence-electron chi connectivity index (χ2n) is 12.9. The van der Waals surface area contributed by atoms with Gasteiger partial charge in [0.25, 0.3) is 0 Å². The first-order chi connectivity index (χ1) is 18.9. The van der Waals surface area contributed by atoms with Gasteiger partial charge in [0, 0.05) is 28.3 Å². The standard InChI is InChI=1S/C34H39N3O2/c1-20-13-15-26-25(17-20)30-32-31(23-11-7-8-12-24(23)33(30)39-34(26,2)3)36-27-16-14-21(18-28(27)37-32)19-29(38)35-22-9-5-4-6-10-22/h7-8,11-12,14,16,18,20,22,25-26H,4-6,9-10,13,15,17,19H2,1-3H3,(H,35,38). The highest BCUT2D eigenvalue weighted by Crippen LogP contribution is 2.56. The average molecular weight is 522 g/mol. The highest BCUT2D eigenvalue weighted by molar-refractivity contribution is 6.11. The van der Waals surface area contributed by atoms with Gasteiger partial charge < -0.3 is 10.1 Å². The number of amides is 1. The zero-order valence-corrected chi connectivity index (χ0v) is 23.4. The van der Waals surface area contributed by atoms with Crippen LogP contribution in [-0.4, -0.2) is 27.5 Å². The molecule has 39 heavy (non-hydrogen) atoms. The zero-order valence-electron chi connectivity index (χ0n) is 23.4. The predicted molar refractivity (Wildman–Crippen MR) is 157 cm³/mol. The van der Waals surface area contributed by atoms with Crippen molar-refractivity contribution in [1.29, 1.82) is 0 Å². The van der Waals surface area contributed by atoms with Crippen LogP contribution in [0.1, 0.15) is 89.2 Å². The Kier molecular flexibility index (Phi) is 6.02. The van der Waals surface area contributed by atoms with Crippen molar-refractivity contribution >= 4 is 38.7 Å². The van der Waals surface area contributed by atoms with Gasteiger partial charge in [-0.1, -0.05) is 62.9 Å². The largest absolute Gasteiger partial charge is 0.487 e. The molecule has 1 aromatic heterocycles. The number of ether oxygens (including phenoxy) is 1. The molecule has 0 bridgehead atoms. The van der Waals surface area contributed by atoms with Gasteiger partial charge in [0.05, 0.1) is 28.5 Å². The van der Waals surface area contributed by atoms with Crippen molar-refractivity contribution in [2.24, 2.45) is 11.8 Å². The van der Waals surface area contributed by atoms with E-state index in [1.807, 2.05) is 12.1 Å². The molecule has 2 fully saturated rings. The van der Waals surface area contributed by atoms with Crippen LogP contribution in [0.4, 0.5) is 0 Å². The van der Waals surface area contributed by atoms with Gasteiger partial charge in [0.2, 0.25) is 5.91 Å². The summed E-state index contributed by atoms with van der Waals surface area (Å²) in [6.45, 7) is 6.91. The number of benzene rings is 3. The van der Waals surface area contributed by atoms with Crippen molar-refractivity contribution in [3.05, 3.63) is 53.6 Å². The minimum absolute atomic E-state index is 0.105. The molecule has 3 aliphatic rings. The second kappa shape index (κ2) is 9.46. The monoisotopic (exact) mass is 521 g/mol. The number of aromatic nitrogens is 2. The lowest BCUT2D eigenvalue weighted by Gasteiger charge is -2.49. The van der Waals surface area contributed by atoms with Gasteiger partial charge in [-0.05, 0) is 69.1 Å². The third-order valence-corrected chi connectivity index (χ3v) is 9.73. The molecule has 0 spiro atoms. The Balaban J connectivity index is 1.35. The molecule has 3 atom stereocenters. The molecule has 0 radical (unpaired) electrons. The normalized spacial score (nSPS) is 24.7. The number of hydrogen-bond donors (Lipinski definition) is 1. The lowest BCUT2D eigenvalue weighted by molar-refractivity contribution is -0.121. The number of carbonyl (C=O) groups is 1. The maximum atomic E-state index is 12.9. The van der Waals surface area contributed by atoms with E-state index in [1.54, 1.807) is 0 Å². The molecule has 3 unspecified atom stereocenters. The number of rotatable bonds is 3. The van der Waals surface area contributed by atoms with E-state index in [2.05, 4.69) is 56.4 Å². The first kappa shape index (κ1) is 24.8. The molecule has 0 saturated heterocycles. The summed E-state index contributed by atoms with van der Waals surface area (Å²) < 4.78 is 6.89. The summed E-state index contributed by atoms with van der Waals surface area (Å²) in [5.41, 5.74) is 5.66. The zero-order chi connectivity index (χ0) is 26.7. The van der Waals surface area contributed by atoms with Gasteiger partial charge in [-0.15, -0.1) is 0 Å². The molecular weight excluding hydrogens is 482 g/mol. The first-order valence-electron chi connectivity index (χ1n) is 15.0. The van der Waals surface area contributed by atoms with Crippen LogP contribution in [0.2, 0.25) is 0 Å². The Labute approximate surface area is 230 Å². The van der Waals surface area contributed by atoms with Gasteiger partial charge in [0.15, 0.2) is 0 Å². The average Bonchev–Trinajstić information content (AvgIpc) is 2.92.